The van der Waals surface area contributed by atoms with E-state index in [2.05, 4.69) is 9.97 Å². The monoisotopic (exact) mass is 233 g/mol. The van der Waals surface area contributed by atoms with Crippen molar-refractivity contribution in [3.05, 3.63) is 47.3 Å². The third-order valence-electron chi connectivity index (χ3n) is 2.59. The van der Waals surface area contributed by atoms with Crippen LogP contribution in [0.4, 0.5) is 10.1 Å². The minimum atomic E-state index is -0.465. The van der Waals surface area contributed by atoms with Crippen LogP contribution in [0, 0.1) is 12.7 Å². The zero-order chi connectivity index (χ0) is 12.4. The van der Waals surface area contributed by atoms with E-state index >= 15 is 0 Å². The van der Waals surface area contributed by atoms with E-state index in [1.54, 1.807) is 19.3 Å². The largest absolute Gasteiger partial charge is 0.398 e. The number of nitrogens with zero attached hydrogens (tertiary/aromatic N) is 1. The highest BCUT2D eigenvalue weighted by molar-refractivity contribution is 5.98. The summed E-state index contributed by atoms with van der Waals surface area (Å²) >= 11 is 0. The number of rotatable bonds is 3. The Morgan fingerprint density at radius 1 is 1.53 bits per heavy atom. The predicted octanol–water partition coefficient (Wildman–Crippen LogP) is 1.86. The van der Waals surface area contributed by atoms with Crippen LogP contribution in [0.15, 0.2) is 24.5 Å². The molecule has 17 heavy (non-hydrogen) atoms. The first-order valence-corrected chi connectivity index (χ1v) is 5.15. The lowest BCUT2D eigenvalue weighted by Gasteiger charge is -2.05. The number of H-pyrrole nitrogens is 1. The maximum absolute atomic E-state index is 13.4. The second-order valence-electron chi connectivity index (χ2n) is 3.81. The Balaban J connectivity index is 2.26. The molecule has 2 rings (SSSR count). The SMILES string of the molecule is Cc1c(N)cc(C(=O)Cc2ncc[nH]2)cc1F. The van der Waals surface area contributed by atoms with Crippen LogP contribution in [-0.2, 0) is 6.42 Å². The fourth-order valence-corrected chi connectivity index (χ4v) is 1.51. The van der Waals surface area contributed by atoms with Gasteiger partial charge in [0.2, 0.25) is 0 Å². The first-order chi connectivity index (χ1) is 8.08. The average molecular weight is 233 g/mol. The third-order valence-corrected chi connectivity index (χ3v) is 2.59. The highest BCUT2D eigenvalue weighted by Gasteiger charge is 2.12. The zero-order valence-electron chi connectivity index (χ0n) is 9.33. The molecule has 2 aromatic rings. The van der Waals surface area contributed by atoms with E-state index in [0.29, 0.717) is 11.4 Å². The summed E-state index contributed by atoms with van der Waals surface area (Å²) in [5.41, 5.74) is 6.53. The van der Waals surface area contributed by atoms with Crippen LogP contribution < -0.4 is 5.73 Å². The number of ketones is 1. The molecule has 5 heteroatoms. The molecule has 0 saturated heterocycles. The van der Waals surface area contributed by atoms with Crippen LogP contribution in [-0.4, -0.2) is 15.8 Å². The Kier molecular flexibility index (Phi) is 2.91. The molecule has 3 N–H and O–H groups in total. The van der Waals surface area contributed by atoms with Gasteiger partial charge < -0.3 is 10.7 Å². The number of carbonyl (C=O) groups is 1. The Hall–Kier alpha value is -2.17. The highest BCUT2D eigenvalue weighted by atomic mass is 19.1. The molecule has 0 radical (unpaired) electrons. The number of Topliss-reactive ketones (excluding diaryl/α,β-unsaturated/α-hetero) is 1. The molecule has 1 heterocycles. The molecule has 0 aliphatic carbocycles. The van der Waals surface area contributed by atoms with Crippen molar-refractivity contribution >= 4 is 11.5 Å². The lowest BCUT2D eigenvalue weighted by molar-refractivity contribution is 0.0990. The van der Waals surface area contributed by atoms with E-state index in [4.69, 9.17) is 5.73 Å². The number of aromatic amines is 1. The minimum Gasteiger partial charge on any atom is -0.398 e. The first-order valence-electron chi connectivity index (χ1n) is 5.15. The predicted molar refractivity (Wildman–Crippen MR) is 62.2 cm³/mol. The van der Waals surface area contributed by atoms with Crippen molar-refractivity contribution in [2.75, 3.05) is 5.73 Å². The minimum absolute atomic E-state index is 0.106. The Morgan fingerprint density at radius 3 is 2.88 bits per heavy atom. The number of anilines is 1. The number of carbonyl (C=O) groups excluding carboxylic acids is 1. The number of nitrogens with one attached hydrogen (secondary N) is 1. The van der Waals surface area contributed by atoms with Gasteiger partial charge in [0.15, 0.2) is 5.78 Å². The summed E-state index contributed by atoms with van der Waals surface area (Å²) in [5, 5.41) is 0. The summed E-state index contributed by atoms with van der Waals surface area (Å²) in [7, 11) is 0. The quantitative estimate of drug-likeness (QED) is 0.628. The summed E-state index contributed by atoms with van der Waals surface area (Å²) in [6, 6.07) is 2.70. The first kappa shape index (κ1) is 11.3. The number of nitrogen functional groups attached to an aromatic ring is 1. The molecular weight excluding hydrogens is 221 g/mol. The second-order valence-corrected chi connectivity index (χ2v) is 3.81. The van der Waals surface area contributed by atoms with Crippen LogP contribution in [0.3, 0.4) is 0 Å². The molecule has 0 saturated carbocycles. The Morgan fingerprint density at radius 2 is 2.29 bits per heavy atom. The normalized spacial score (nSPS) is 10.5. The molecule has 0 fully saturated rings. The van der Waals surface area contributed by atoms with Gasteiger partial charge in [0, 0.05) is 29.2 Å². The van der Waals surface area contributed by atoms with Crippen molar-refractivity contribution in [1.29, 1.82) is 0 Å². The van der Waals surface area contributed by atoms with E-state index < -0.39 is 5.82 Å². The summed E-state index contributed by atoms with van der Waals surface area (Å²) in [4.78, 5) is 18.6. The topological polar surface area (TPSA) is 71.8 Å². The molecule has 4 nitrogen and oxygen atoms in total. The van der Waals surface area contributed by atoms with Gasteiger partial charge in [-0.15, -0.1) is 0 Å². The van der Waals surface area contributed by atoms with Crippen molar-refractivity contribution in [3.63, 3.8) is 0 Å². The molecule has 1 aromatic carbocycles. The van der Waals surface area contributed by atoms with Crippen LogP contribution in [0.1, 0.15) is 21.7 Å². The van der Waals surface area contributed by atoms with E-state index in [1.165, 1.54) is 12.1 Å². The van der Waals surface area contributed by atoms with E-state index in [0.717, 1.165) is 0 Å². The highest BCUT2D eigenvalue weighted by Crippen LogP contribution is 2.18. The fourth-order valence-electron chi connectivity index (χ4n) is 1.51. The molecule has 0 aliphatic rings. The van der Waals surface area contributed by atoms with Gasteiger partial charge in [-0.05, 0) is 19.1 Å². The molecule has 0 bridgehead atoms. The number of halogens is 1. The summed E-state index contributed by atoms with van der Waals surface area (Å²) in [6.45, 7) is 1.57. The van der Waals surface area contributed by atoms with Gasteiger partial charge in [-0.3, -0.25) is 4.79 Å². The number of benzene rings is 1. The maximum atomic E-state index is 13.4. The van der Waals surface area contributed by atoms with Crippen molar-refractivity contribution in [1.82, 2.24) is 9.97 Å². The molecule has 0 amide bonds. The fraction of sp³-hybridized carbons (Fsp3) is 0.167. The molecule has 0 unspecified atom stereocenters. The van der Waals surface area contributed by atoms with Crippen LogP contribution in [0.2, 0.25) is 0 Å². The van der Waals surface area contributed by atoms with Gasteiger partial charge in [-0.2, -0.15) is 0 Å². The maximum Gasteiger partial charge on any atom is 0.170 e. The van der Waals surface area contributed by atoms with Gasteiger partial charge in [-0.1, -0.05) is 0 Å². The van der Waals surface area contributed by atoms with Gasteiger partial charge in [-0.25, -0.2) is 9.37 Å². The van der Waals surface area contributed by atoms with Crippen LogP contribution >= 0.6 is 0 Å². The summed E-state index contributed by atoms with van der Waals surface area (Å²) < 4.78 is 13.4. The molecule has 1 aromatic heterocycles. The lowest BCUT2D eigenvalue weighted by atomic mass is 10.0. The van der Waals surface area contributed by atoms with E-state index in [9.17, 15) is 9.18 Å². The molecule has 0 spiro atoms. The molecular formula is C12H12FN3O. The Labute approximate surface area is 97.7 Å². The summed E-state index contributed by atoms with van der Waals surface area (Å²) in [5.74, 6) is -0.132. The Bertz CT molecular complexity index is 526. The van der Waals surface area contributed by atoms with Gasteiger partial charge in [0.1, 0.15) is 11.6 Å². The number of nitrogens with two attached hydrogens (primary N) is 1. The van der Waals surface area contributed by atoms with Crippen molar-refractivity contribution < 1.29 is 9.18 Å². The van der Waals surface area contributed by atoms with Crippen molar-refractivity contribution in [2.24, 2.45) is 0 Å². The molecule has 88 valence electrons. The van der Waals surface area contributed by atoms with E-state index in [1.807, 2.05) is 0 Å². The second kappa shape index (κ2) is 4.37. The number of hydrogen-bond donors (Lipinski definition) is 2. The number of aromatic nitrogens is 2. The zero-order valence-corrected chi connectivity index (χ0v) is 9.33. The average Bonchev–Trinajstić information content (AvgIpc) is 2.77. The standard InChI is InChI=1S/C12H12FN3O/c1-7-9(13)4-8(5-10(7)14)11(17)6-12-15-2-3-16-12/h2-5H,6,14H2,1H3,(H,15,16). The third kappa shape index (κ3) is 2.33. The number of imidazole rings is 1. The van der Waals surface area contributed by atoms with Crippen molar-refractivity contribution in [2.45, 2.75) is 13.3 Å². The van der Waals surface area contributed by atoms with Gasteiger partial charge in [0.25, 0.3) is 0 Å². The molecule has 0 aliphatic heterocycles. The van der Waals surface area contributed by atoms with Crippen molar-refractivity contribution in [3.8, 4) is 0 Å². The smallest absolute Gasteiger partial charge is 0.170 e. The molecule has 0 atom stereocenters. The van der Waals surface area contributed by atoms with Gasteiger partial charge in [0.05, 0.1) is 6.42 Å². The van der Waals surface area contributed by atoms with E-state index in [-0.39, 0.29) is 23.5 Å². The van der Waals surface area contributed by atoms with Gasteiger partial charge >= 0.3 is 0 Å². The van der Waals surface area contributed by atoms with Crippen LogP contribution in [0.25, 0.3) is 0 Å². The summed E-state index contributed by atoms with van der Waals surface area (Å²) in [6.07, 6.45) is 3.30. The lowest BCUT2D eigenvalue weighted by Crippen LogP contribution is -2.07. The number of hydrogen-bond acceptors (Lipinski definition) is 3. The van der Waals surface area contributed by atoms with Crippen LogP contribution in [0.5, 0.6) is 0 Å².